The van der Waals surface area contributed by atoms with Crippen LogP contribution in [0.2, 0.25) is 0 Å². The maximum absolute atomic E-state index is 12.7. The van der Waals surface area contributed by atoms with Gasteiger partial charge in [-0.05, 0) is 46.4 Å². The average molecular weight is 329 g/mol. The summed E-state index contributed by atoms with van der Waals surface area (Å²) in [4.78, 5) is 19.6. The molecular formula is C18H27N5O. The molecule has 1 fully saturated rings. The van der Waals surface area contributed by atoms with Crippen LogP contribution in [-0.2, 0) is 10.3 Å². The number of amides is 1. The number of nitrogens with one attached hydrogen (secondary N) is 2. The predicted octanol–water partition coefficient (Wildman–Crippen LogP) is 1.21. The summed E-state index contributed by atoms with van der Waals surface area (Å²) in [6.45, 7) is 10.6. The van der Waals surface area contributed by atoms with Crippen LogP contribution >= 0.6 is 0 Å². The zero-order valence-electron chi connectivity index (χ0n) is 15.2. The van der Waals surface area contributed by atoms with Crippen LogP contribution in [0.3, 0.4) is 0 Å². The molecule has 2 aromatic heterocycles. The number of aryl methyl sites for hydroxylation is 2. The first-order valence-corrected chi connectivity index (χ1v) is 8.48. The van der Waals surface area contributed by atoms with Gasteiger partial charge in [0.25, 0.3) is 0 Å². The first-order valence-electron chi connectivity index (χ1n) is 8.48. The summed E-state index contributed by atoms with van der Waals surface area (Å²) in [6, 6.07) is 3.92. The number of hydrogen-bond donors (Lipinski definition) is 2. The third-order valence-corrected chi connectivity index (χ3v) is 4.73. The Labute approximate surface area is 143 Å². The van der Waals surface area contributed by atoms with Gasteiger partial charge in [-0.15, -0.1) is 0 Å². The molecule has 6 heteroatoms. The Morgan fingerprint density at radius 2 is 2.17 bits per heavy atom. The molecule has 2 aromatic rings. The standard InChI is InChI=1S/C18H27N5O/c1-12-7-6-9-23-15(12)13(2)20-17(23)18(3,4)21-16(24)14-11-22(5)10-8-19-14/h6-7,9,14,19H,8,10-11H2,1-5H3,(H,21,24)/t14-/m0/s1. The number of nitrogens with zero attached hydrogens (tertiary/aromatic N) is 3. The van der Waals surface area contributed by atoms with E-state index < -0.39 is 5.54 Å². The molecule has 24 heavy (non-hydrogen) atoms. The molecule has 1 aliphatic heterocycles. The molecule has 0 unspecified atom stereocenters. The van der Waals surface area contributed by atoms with Crippen LogP contribution in [0, 0.1) is 13.8 Å². The van der Waals surface area contributed by atoms with Gasteiger partial charge in [0.1, 0.15) is 5.82 Å². The number of carbonyl (C=O) groups is 1. The second kappa shape index (κ2) is 6.18. The lowest BCUT2D eigenvalue weighted by Gasteiger charge is -2.33. The van der Waals surface area contributed by atoms with Crippen molar-refractivity contribution in [2.75, 3.05) is 26.7 Å². The number of fused-ring (bicyclic) bond motifs is 1. The van der Waals surface area contributed by atoms with E-state index in [9.17, 15) is 4.79 Å². The van der Waals surface area contributed by atoms with E-state index in [1.54, 1.807) is 0 Å². The fourth-order valence-electron chi connectivity index (χ4n) is 3.48. The quantitative estimate of drug-likeness (QED) is 0.888. The van der Waals surface area contributed by atoms with E-state index in [0.29, 0.717) is 0 Å². The van der Waals surface area contributed by atoms with Gasteiger partial charge in [0, 0.05) is 25.8 Å². The monoisotopic (exact) mass is 329 g/mol. The maximum atomic E-state index is 12.7. The molecule has 1 amide bonds. The topological polar surface area (TPSA) is 61.7 Å². The van der Waals surface area contributed by atoms with E-state index in [1.165, 1.54) is 5.56 Å². The van der Waals surface area contributed by atoms with Crippen LogP contribution in [0.25, 0.3) is 5.52 Å². The van der Waals surface area contributed by atoms with Crippen molar-refractivity contribution in [3.05, 3.63) is 35.4 Å². The SMILES string of the molecule is Cc1cccn2c(C(C)(C)NC(=O)[C@@H]3CN(C)CCN3)nc(C)c12. The molecule has 3 heterocycles. The van der Waals surface area contributed by atoms with Crippen LogP contribution in [0.4, 0.5) is 0 Å². The lowest BCUT2D eigenvalue weighted by atomic mass is 10.0. The number of piperazine rings is 1. The second-order valence-corrected chi connectivity index (χ2v) is 7.31. The molecule has 0 aromatic carbocycles. The summed E-state index contributed by atoms with van der Waals surface area (Å²) < 4.78 is 2.09. The van der Waals surface area contributed by atoms with Crippen LogP contribution in [0.15, 0.2) is 18.3 Å². The van der Waals surface area contributed by atoms with Crippen LogP contribution in [-0.4, -0.2) is 52.9 Å². The highest BCUT2D eigenvalue weighted by molar-refractivity contribution is 5.83. The molecule has 1 atom stereocenters. The normalized spacial score (nSPS) is 19.6. The van der Waals surface area contributed by atoms with Crippen molar-refractivity contribution in [1.82, 2.24) is 24.9 Å². The van der Waals surface area contributed by atoms with Crippen molar-refractivity contribution in [3.63, 3.8) is 0 Å². The molecule has 3 rings (SSSR count). The second-order valence-electron chi connectivity index (χ2n) is 7.31. The smallest absolute Gasteiger partial charge is 0.239 e. The third kappa shape index (κ3) is 3.03. The summed E-state index contributed by atoms with van der Waals surface area (Å²) in [5.41, 5.74) is 2.73. The highest BCUT2D eigenvalue weighted by atomic mass is 16.2. The molecule has 2 N–H and O–H groups in total. The maximum Gasteiger partial charge on any atom is 0.239 e. The van der Waals surface area contributed by atoms with Crippen molar-refractivity contribution < 1.29 is 4.79 Å². The van der Waals surface area contributed by atoms with Crippen molar-refractivity contribution in [2.24, 2.45) is 0 Å². The number of carbonyl (C=O) groups excluding carboxylic acids is 1. The van der Waals surface area contributed by atoms with Gasteiger partial charge in [0.05, 0.1) is 22.8 Å². The van der Waals surface area contributed by atoms with Crippen LogP contribution in [0.5, 0.6) is 0 Å². The zero-order chi connectivity index (χ0) is 17.5. The van der Waals surface area contributed by atoms with Gasteiger partial charge >= 0.3 is 0 Å². The van der Waals surface area contributed by atoms with E-state index in [-0.39, 0.29) is 11.9 Å². The Balaban J connectivity index is 1.88. The van der Waals surface area contributed by atoms with Crippen LogP contribution in [0.1, 0.15) is 30.9 Å². The Morgan fingerprint density at radius 1 is 1.42 bits per heavy atom. The minimum absolute atomic E-state index is 0.0219. The van der Waals surface area contributed by atoms with Gasteiger partial charge in [0.15, 0.2) is 0 Å². The molecule has 1 saturated heterocycles. The van der Waals surface area contributed by atoms with Gasteiger partial charge in [0.2, 0.25) is 5.91 Å². The largest absolute Gasteiger partial charge is 0.343 e. The lowest BCUT2D eigenvalue weighted by molar-refractivity contribution is -0.126. The minimum atomic E-state index is -0.556. The minimum Gasteiger partial charge on any atom is -0.343 e. The number of hydrogen-bond acceptors (Lipinski definition) is 4. The van der Waals surface area contributed by atoms with Gasteiger partial charge in [-0.2, -0.15) is 0 Å². The fraction of sp³-hybridized carbons (Fsp3) is 0.556. The Kier molecular flexibility index (Phi) is 4.36. The Bertz CT molecular complexity index is 764. The number of rotatable bonds is 3. The van der Waals surface area contributed by atoms with Crippen molar-refractivity contribution in [2.45, 2.75) is 39.3 Å². The number of aromatic nitrogens is 2. The predicted molar refractivity (Wildman–Crippen MR) is 95.1 cm³/mol. The van der Waals surface area contributed by atoms with E-state index in [2.05, 4.69) is 32.9 Å². The van der Waals surface area contributed by atoms with Crippen molar-refractivity contribution in [1.29, 1.82) is 0 Å². The molecule has 0 radical (unpaired) electrons. The van der Waals surface area contributed by atoms with Gasteiger partial charge < -0.3 is 19.9 Å². The van der Waals surface area contributed by atoms with E-state index in [0.717, 1.165) is 36.7 Å². The molecule has 0 spiro atoms. The fourth-order valence-corrected chi connectivity index (χ4v) is 3.48. The molecule has 130 valence electrons. The van der Waals surface area contributed by atoms with E-state index in [1.807, 2.05) is 40.1 Å². The highest BCUT2D eigenvalue weighted by Crippen LogP contribution is 2.24. The van der Waals surface area contributed by atoms with Gasteiger partial charge in [-0.3, -0.25) is 4.79 Å². The first-order chi connectivity index (χ1) is 11.3. The summed E-state index contributed by atoms with van der Waals surface area (Å²) in [6.07, 6.45) is 2.01. The Morgan fingerprint density at radius 3 is 2.88 bits per heavy atom. The average Bonchev–Trinajstić information content (AvgIpc) is 2.86. The molecule has 1 aliphatic rings. The first kappa shape index (κ1) is 16.9. The Hall–Kier alpha value is -1.92. The summed E-state index contributed by atoms with van der Waals surface area (Å²) >= 11 is 0. The molecule has 0 saturated carbocycles. The van der Waals surface area contributed by atoms with E-state index >= 15 is 0 Å². The highest BCUT2D eigenvalue weighted by Gasteiger charge is 2.32. The molecular weight excluding hydrogens is 302 g/mol. The van der Waals surface area contributed by atoms with Crippen molar-refractivity contribution >= 4 is 11.4 Å². The molecule has 0 bridgehead atoms. The molecule has 0 aliphatic carbocycles. The number of likely N-dealkylation sites (N-methyl/N-ethyl adjacent to an activating group) is 1. The molecule has 6 nitrogen and oxygen atoms in total. The van der Waals surface area contributed by atoms with Crippen LogP contribution < -0.4 is 10.6 Å². The van der Waals surface area contributed by atoms with Crippen molar-refractivity contribution in [3.8, 4) is 0 Å². The third-order valence-electron chi connectivity index (χ3n) is 4.73. The summed E-state index contributed by atoms with van der Waals surface area (Å²) in [5, 5.41) is 6.47. The summed E-state index contributed by atoms with van der Waals surface area (Å²) in [7, 11) is 2.04. The lowest BCUT2D eigenvalue weighted by Crippen LogP contribution is -2.58. The van der Waals surface area contributed by atoms with E-state index in [4.69, 9.17) is 4.98 Å². The van der Waals surface area contributed by atoms with Gasteiger partial charge in [-0.25, -0.2) is 4.98 Å². The zero-order valence-corrected chi connectivity index (χ0v) is 15.2. The summed E-state index contributed by atoms with van der Waals surface area (Å²) in [5.74, 6) is 0.879. The number of pyridine rings is 1. The number of imidazole rings is 1. The van der Waals surface area contributed by atoms with Gasteiger partial charge in [-0.1, -0.05) is 6.07 Å².